The molecule has 4 aromatic rings. The fraction of sp³-hybridized carbons (Fsp3) is 0.238. The Bertz CT molecular complexity index is 1430. The predicted octanol–water partition coefficient (Wildman–Crippen LogP) is 3.21. The Morgan fingerprint density at radius 2 is 1.59 bits per heavy atom. The third-order valence-corrected chi connectivity index (χ3v) is 7.34. The maximum atomic E-state index is 13.1. The van der Waals surface area contributed by atoms with Gasteiger partial charge in [0.1, 0.15) is 0 Å². The SMILES string of the molecule is O=S(=O)(c1ccc2ccccc2c1)N1CCN(c2ncc(-c3noc(C(F)(F)F)n3)cn2)CC1. The quantitative estimate of drug-likeness (QED) is 0.430. The van der Waals surface area contributed by atoms with Gasteiger partial charge in [0.25, 0.3) is 0 Å². The molecule has 2 aromatic heterocycles. The van der Waals surface area contributed by atoms with Crippen LogP contribution in [0.15, 0.2) is 64.3 Å². The molecule has 9 nitrogen and oxygen atoms in total. The number of halogens is 3. The summed E-state index contributed by atoms with van der Waals surface area (Å²) in [5.74, 6) is -1.40. The van der Waals surface area contributed by atoms with Crippen molar-refractivity contribution in [1.29, 1.82) is 0 Å². The van der Waals surface area contributed by atoms with Crippen molar-refractivity contribution in [2.75, 3.05) is 31.1 Å². The maximum Gasteiger partial charge on any atom is 0.471 e. The first-order valence-corrected chi connectivity index (χ1v) is 11.6. The molecule has 0 bridgehead atoms. The molecule has 0 atom stereocenters. The first-order chi connectivity index (χ1) is 16.2. The fourth-order valence-corrected chi connectivity index (χ4v) is 5.12. The van der Waals surface area contributed by atoms with Crippen molar-refractivity contribution in [3.8, 4) is 11.4 Å². The molecule has 2 aromatic carbocycles. The number of aromatic nitrogens is 4. The normalized spacial score (nSPS) is 15.7. The van der Waals surface area contributed by atoms with Crippen molar-refractivity contribution in [3.63, 3.8) is 0 Å². The molecule has 0 spiro atoms. The van der Waals surface area contributed by atoms with Gasteiger partial charge in [0, 0.05) is 38.6 Å². The summed E-state index contributed by atoms with van der Waals surface area (Å²) in [6, 6.07) is 12.6. The number of nitrogens with zero attached hydrogens (tertiary/aromatic N) is 6. The van der Waals surface area contributed by atoms with Crippen molar-refractivity contribution < 1.29 is 26.1 Å². The number of hydrogen-bond acceptors (Lipinski definition) is 8. The van der Waals surface area contributed by atoms with Crippen molar-refractivity contribution >= 4 is 26.7 Å². The minimum Gasteiger partial charge on any atom is -0.338 e. The van der Waals surface area contributed by atoms with E-state index in [-0.39, 0.29) is 29.4 Å². The van der Waals surface area contributed by atoms with Crippen LogP contribution in [0.3, 0.4) is 0 Å². The molecule has 0 radical (unpaired) electrons. The summed E-state index contributed by atoms with van der Waals surface area (Å²) in [5.41, 5.74) is 0.167. The van der Waals surface area contributed by atoms with E-state index in [1.165, 1.54) is 16.7 Å². The number of alkyl halides is 3. The monoisotopic (exact) mass is 490 g/mol. The zero-order valence-corrected chi connectivity index (χ0v) is 18.3. The van der Waals surface area contributed by atoms with Crippen LogP contribution >= 0.6 is 0 Å². The molecule has 0 N–H and O–H groups in total. The second-order valence-electron chi connectivity index (χ2n) is 7.59. The van der Waals surface area contributed by atoms with Gasteiger partial charge in [0.2, 0.25) is 21.8 Å². The average Bonchev–Trinajstić information content (AvgIpc) is 3.35. The van der Waals surface area contributed by atoms with Gasteiger partial charge in [0.15, 0.2) is 0 Å². The van der Waals surface area contributed by atoms with Gasteiger partial charge >= 0.3 is 12.1 Å². The summed E-state index contributed by atoms with van der Waals surface area (Å²) < 4.78 is 69.8. The van der Waals surface area contributed by atoms with Crippen molar-refractivity contribution in [3.05, 3.63) is 60.7 Å². The molecule has 1 saturated heterocycles. The van der Waals surface area contributed by atoms with Gasteiger partial charge in [-0.3, -0.25) is 0 Å². The van der Waals surface area contributed by atoms with Crippen LogP contribution in [0.2, 0.25) is 0 Å². The Balaban J connectivity index is 1.27. The second-order valence-corrected chi connectivity index (χ2v) is 9.53. The van der Waals surface area contributed by atoms with E-state index in [9.17, 15) is 21.6 Å². The van der Waals surface area contributed by atoms with Gasteiger partial charge in [-0.2, -0.15) is 22.5 Å². The third kappa shape index (κ3) is 4.19. The van der Waals surface area contributed by atoms with E-state index >= 15 is 0 Å². The zero-order chi connectivity index (χ0) is 23.9. The number of benzene rings is 2. The highest BCUT2D eigenvalue weighted by molar-refractivity contribution is 7.89. The molecule has 34 heavy (non-hydrogen) atoms. The van der Waals surface area contributed by atoms with Crippen LogP contribution in [0.4, 0.5) is 19.1 Å². The van der Waals surface area contributed by atoms with Gasteiger partial charge < -0.3 is 9.42 Å². The zero-order valence-electron chi connectivity index (χ0n) is 17.5. The van der Waals surface area contributed by atoms with Crippen LogP contribution in [0.5, 0.6) is 0 Å². The lowest BCUT2D eigenvalue weighted by atomic mass is 10.1. The van der Waals surface area contributed by atoms with Gasteiger partial charge in [0.05, 0.1) is 10.5 Å². The summed E-state index contributed by atoms with van der Waals surface area (Å²) in [7, 11) is -3.66. The number of anilines is 1. The highest BCUT2D eigenvalue weighted by Gasteiger charge is 2.38. The standard InChI is InChI=1S/C21H17F3N6O3S/c22-21(23,24)19-27-18(28-33-19)16-12-25-20(26-13-16)29-7-9-30(10-8-29)34(31,32)17-6-5-14-3-1-2-4-15(14)11-17/h1-6,11-13H,7-10H2. The fourth-order valence-electron chi connectivity index (χ4n) is 3.66. The number of hydrogen-bond donors (Lipinski definition) is 0. The van der Waals surface area contributed by atoms with E-state index in [0.717, 1.165) is 10.8 Å². The van der Waals surface area contributed by atoms with Crippen LogP contribution < -0.4 is 4.90 Å². The summed E-state index contributed by atoms with van der Waals surface area (Å²) in [5, 5.41) is 5.11. The molecule has 13 heteroatoms. The van der Waals surface area contributed by atoms with Crippen LogP contribution in [0.25, 0.3) is 22.2 Å². The van der Waals surface area contributed by atoms with Gasteiger partial charge in [-0.25, -0.2) is 18.4 Å². The van der Waals surface area contributed by atoms with Crippen LogP contribution in [0, 0.1) is 0 Å². The first kappa shape index (κ1) is 22.2. The van der Waals surface area contributed by atoms with E-state index in [4.69, 9.17) is 0 Å². The minimum atomic E-state index is -4.74. The molecule has 0 amide bonds. The topological polar surface area (TPSA) is 105 Å². The minimum absolute atomic E-state index is 0.167. The number of rotatable bonds is 4. The Morgan fingerprint density at radius 1 is 0.912 bits per heavy atom. The Labute approximate surface area is 191 Å². The highest BCUT2D eigenvalue weighted by Crippen LogP contribution is 2.29. The molecule has 0 aliphatic carbocycles. The van der Waals surface area contributed by atoms with Crippen LogP contribution in [0.1, 0.15) is 5.89 Å². The molecule has 3 heterocycles. The molecular formula is C21H17F3N6O3S. The summed E-state index contributed by atoms with van der Waals surface area (Å²) in [4.78, 5) is 13.7. The lowest BCUT2D eigenvalue weighted by Crippen LogP contribution is -2.49. The molecule has 1 fully saturated rings. The number of piperazine rings is 1. The molecular weight excluding hydrogens is 473 g/mol. The maximum absolute atomic E-state index is 13.1. The molecule has 1 aliphatic heterocycles. The Kier molecular flexibility index (Phi) is 5.44. The Morgan fingerprint density at radius 3 is 2.24 bits per heavy atom. The summed E-state index contributed by atoms with van der Waals surface area (Å²) in [6.07, 6.45) is -2.14. The van der Waals surface area contributed by atoms with Crippen molar-refractivity contribution in [2.24, 2.45) is 0 Å². The van der Waals surface area contributed by atoms with E-state index in [2.05, 4.69) is 24.6 Å². The molecule has 176 valence electrons. The lowest BCUT2D eigenvalue weighted by molar-refractivity contribution is -0.159. The third-order valence-electron chi connectivity index (χ3n) is 5.45. The lowest BCUT2D eigenvalue weighted by Gasteiger charge is -2.34. The van der Waals surface area contributed by atoms with E-state index in [1.807, 2.05) is 24.3 Å². The number of fused-ring (bicyclic) bond motifs is 1. The largest absolute Gasteiger partial charge is 0.471 e. The predicted molar refractivity (Wildman–Crippen MR) is 115 cm³/mol. The smallest absolute Gasteiger partial charge is 0.338 e. The molecule has 0 unspecified atom stereocenters. The van der Waals surface area contributed by atoms with Gasteiger partial charge in [-0.05, 0) is 22.9 Å². The average molecular weight is 490 g/mol. The summed E-state index contributed by atoms with van der Waals surface area (Å²) >= 11 is 0. The van der Waals surface area contributed by atoms with E-state index < -0.39 is 22.1 Å². The van der Waals surface area contributed by atoms with Gasteiger partial charge in [-0.1, -0.05) is 35.5 Å². The molecule has 5 rings (SSSR count). The van der Waals surface area contributed by atoms with Crippen LogP contribution in [-0.2, 0) is 16.2 Å². The van der Waals surface area contributed by atoms with E-state index in [0.29, 0.717) is 19.0 Å². The van der Waals surface area contributed by atoms with Gasteiger partial charge in [-0.15, -0.1) is 0 Å². The molecule has 1 aliphatic rings. The van der Waals surface area contributed by atoms with Crippen molar-refractivity contribution in [1.82, 2.24) is 24.4 Å². The number of sulfonamides is 1. The molecule has 0 saturated carbocycles. The Hall–Kier alpha value is -3.58. The highest BCUT2D eigenvalue weighted by atomic mass is 32.2. The van der Waals surface area contributed by atoms with E-state index in [1.54, 1.807) is 23.1 Å². The second kappa shape index (κ2) is 8.33. The first-order valence-electron chi connectivity index (χ1n) is 10.2. The van der Waals surface area contributed by atoms with Crippen molar-refractivity contribution in [2.45, 2.75) is 11.1 Å². The summed E-state index contributed by atoms with van der Waals surface area (Å²) in [6.45, 7) is 1.18. The van der Waals surface area contributed by atoms with Crippen LogP contribution in [-0.4, -0.2) is 59.0 Å².